The van der Waals surface area contributed by atoms with Crippen LogP contribution in [0.25, 0.3) is 0 Å². The van der Waals surface area contributed by atoms with Gasteiger partial charge in [0, 0.05) is 12.5 Å². The standard InChI is InChI=1S/C24H45N5O5/c1-3-4-5-6-7-8-9-12-18-15-20(31)26-16-21(32)28-19(13-10-11-14-25)23(33)29-22(17(2)30)24(34)27-18/h17-19,22,30H,3-16,25H2,1-2H3,(H,26,31)(H,27,34)(H,28,32)(H,29,33)/t17-,18-,19+,22+/m1/s1. The maximum atomic E-state index is 12.9. The van der Waals surface area contributed by atoms with Gasteiger partial charge in [-0.3, -0.25) is 19.2 Å². The Morgan fingerprint density at radius 2 is 1.50 bits per heavy atom. The summed E-state index contributed by atoms with van der Waals surface area (Å²) in [6.07, 6.45) is 8.84. The third-order valence-electron chi connectivity index (χ3n) is 6.04. The molecule has 0 spiro atoms. The van der Waals surface area contributed by atoms with E-state index in [9.17, 15) is 24.3 Å². The highest BCUT2D eigenvalue weighted by atomic mass is 16.3. The summed E-state index contributed by atoms with van der Waals surface area (Å²) in [5.41, 5.74) is 5.52. The summed E-state index contributed by atoms with van der Waals surface area (Å²) in [4.78, 5) is 50.6. The lowest BCUT2D eigenvalue weighted by Gasteiger charge is -2.26. The number of hydrogen-bond acceptors (Lipinski definition) is 6. The number of carbonyl (C=O) groups is 4. The number of amides is 4. The molecule has 0 unspecified atom stereocenters. The molecule has 1 rings (SSSR count). The Kier molecular flexibility index (Phi) is 15.1. The van der Waals surface area contributed by atoms with Gasteiger partial charge in [0.15, 0.2) is 0 Å². The summed E-state index contributed by atoms with van der Waals surface area (Å²) in [7, 11) is 0. The largest absolute Gasteiger partial charge is 0.391 e. The lowest BCUT2D eigenvalue weighted by molar-refractivity contribution is -0.134. The minimum absolute atomic E-state index is 0.0231. The zero-order valence-corrected chi connectivity index (χ0v) is 20.9. The van der Waals surface area contributed by atoms with Crippen LogP contribution in [0.5, 0.6) is 0 Å². The fraction of sp³-hybridized carbons (Fsp3) is 0.833. The molecule has 0 aliphatic carbocycles. The topological polar surface area (TPSA) is 163 Å². The fourth-order valence-corrected chi connectivity index (χ4v) is 4.00. The van der Waals surface area contributed by atoms with Gasteiger partial charge in [-0.1, -0.05) is 51.9 Å². The molecule has 1 saturated heterocycles. The molecule has 34 heavy (non-hydrogen) atoms. The summed E-state index contributed by atoms with van der Waals surface area (Å²) in [5, 5.41) is 20.8. The summed E-state index contributed by atoms with van der Waals surface area (Å²) < 4.78 is 0. The van der Waals surface area contributed by atoms with Crippen molar-refractivity contribution in [2.24, 2.45) is 5.73 Å². The third-order valence-corrected chi connectivity index (χ3v) is 6.04. The molecule has 196 valence electrons. The molecule has 0 aromatic rings. The predicted molar refractivity (Wildman–Crippen MR) is 131 cm³/mol. The van der Waals surface area contributed by atoms with Crippen LogP contribution >= 0.6 is 0 Å². The first kappa shape index (κ1) is 29.8. The second kappa shape index (κ2) is 17.3. The lowest BCUT2D eigenvalue weighted by atomic mass is 10.0. The highest BCUT2D eigenvalue weighted by Crippen LogP contribution is 2.12. The van der Waals surface area contributed by atoms with Crippen molar-refractivity contribution in [1.82, 2.24) is 21.3 Å². The van der Waals surface area contributed by atoms with Crippen molar-refractivity contribution in [3.05, 3.63) is 0 Å². The molecule has 1 heterocycles. The number of aliphatic hydroxyl groups is 1. The molecule has 0 aromatic carbocycles. The van der Waals surface area contributed by atoms with Crippen molar-refractivity contribution >= 4 is 23.6 Å². The van der Waals surface area contributed by atoms with Gasteiger partial charge in [0.25, 0.3) is 0 Å². The predicted octanol–water partition coefficient (Wildman–Crippen LogP) is 0.611. The molecule has 7 N–H and O–H groups in total. The SMILES string of the molecule is CCCCCCCCC[C@@H]1CC(=O)NCC(=O)N[C@@H](CCCCN)C(=O)N[C@@H]([C@@H](C)O)C(=O)N1. The van der Waals surface area contributed by atoms with E-state index in [2.05, 4.69) is 28.2 Å². The number of nitrogens with one attached hydrogen (secondary N) is 4. The van der Waals surface area contributed by atoms with Gasteiger partial charge in [-0.05, 0) is 39.2 Å². The minimum Gasteiger partial charge on any atom is -0.391 e. The van der Waals surface area contributed by atoms with Crippen molar-refractivity contribution in [2.75, 3.05) is 13.1 Å². The number of nitrogens with two attached hydrogens (primary N) is 1. The molecule has 4 amide bonds. The fourth-order valence-electron chi connectivity index (χ4n) is 4.00. The molecule has 0 bridgehead atoms. The van der Waals surface area contributed by atoms with Gasteiger partial charge < -0.3 is 32.1 Å². The molecule has 10 nitrogen and oxygen atoms in total. The maximum Gasteiger partial charge on any atom is 0.245 e. The number of rotatable bonds is 13. The van der Waals surface area contributed by atoms with Crippen molar-refractivity contribution in [3.63, 3.8) is 0 Å². The van der Waals surface area contributed by atoms with Gasteiger partial charge in [0.2, 0.25) is 23.6 Å². The minimum atomic E-state index is -1.19. The third kappa shape index (κ3) is 12.3. The molecule has 1 aliphatic rings. The molecule has 4 atom stereocenters. The van der Waals surface area contributed by atoms with E-state index in [1.807, 2.05) is 0 Å². The quantitative estimate of drug-likeness (QED) is 0.210. The van der Waals surface area contributed by atoms with Gasteiger partial charge in [-0.15, -0.1) is 0 Å². The Bertz CT molecular complexity index is 643. The second-order valence-corrected chi connectivity index (χ2v) is 9.23. The molecule has 1 fully saturated rings. The van der Waals surface area contributed by atoms with E-state index in [0.717, 1.165) is 19.3 Å². The van der Waals surface area contributed by atoms with Crippen molar-refractivity contribution in [1.29, 1.82) is 0 Å². The van der Waals surface area contributed by atoms with Gasteiger partial charge in [-0.2, -0.15) is 0 Å². The van der Waals surface area contributed by atoms with E-state index in [1.165, 1.54) is 32.6 Å². The average molecular weight is 484 g/mol. The molecule has 1 aliphatic heterocycles. The first-order valence-electron chi connectivity index (χ1n) is 12.8. The van der Waals surface area contributed by atoms with Crippen molar-refractivity contribution in [2.45, 2.75) is 115 Å². The summed E-state index contributed by atoms with van der Waals surface area (Å²) in [6.45, 7) is 3.80. The molecular formula is C24H45N5O5. The Labute approximate surface area is 203 Å². The first-order chi connectivity index (χ1) is 16.3. The van der Waals surface area contributed by atoms with Crippen LogP contribution in [0.15, 0.2) is 0 Å². The van der Waals surface area contributed by atoms with Crippen LogP contribution in [-0.2, 0) is 19.2 Å². The summed E-state index contributed by atoms with van der Waals surface area (Å²) in [6, 6.07) is -2.54. The monoisotopic (exact) mass is 483 g/mol. The van der Waals surface area contributed by atoms with E-state index in [-0.39, 0.29) is 18.9 Å². The van der Waals surface area contributed by atoms with Gasteiger partial charge in [-0.25, -0.2) is 0 Å². The molecule has 0 aromatic heterocycles. The smallest absolute Gasteiger partial charge is 0.245 e. The molecular weight excluding hydrogens is 438 g/mol. The highest BCUT2D eigenvalue weighted by Gasteiger charge is 2.31. The van der Waals surface area contributed by atoms with E-state index in [0.29, 0.717) is 32.2 Å². The van der Waals surface area contributed by atoms with Crippen LogP contribution in [-0.4, -0.2) is 66.1 Å². The second-order valence-electron chi connectivity index (χ2n) is 9.23. The molecule has 0 radical (unpaired) electrons. The van der Waals surface area contributed by atoms with Crippen LogP contribution in [0.3, 0.4) is 0 Å². The number of aliphatic hydroxyl groups excluding tert-OH is 1. The Hall–Kier alpha value is -2.20. The lowest BCUT2D eigenvalue weighted by Crippen LogP contribution is -2.58. The average Bonchev–Trinajstić information content (AvgIpc) is 2.79. The van der Waals surface area contributed by atoms with Gasteiger partial charge in [0.1, 0.15) is 12.1 Å². The maximum absolute atomic E-state index is 12.9. The number of unbranched alkanes of at least 4 members (excludes halogenated alkanes) is 7. The van der Waals surface area contributed by atoms with E-state index < -0.39 is 42.0 Å². The number of carbonyl (C=O) groups excluding carboxylic acids is 4. The van der Waals surface area contributed by atoms with Gasteiger partial charge in [0.05, 0.1) is 12.6 Å². The number of hydrogen-bond donors (Lipinski definition) is 6. The summed E-state index contributed by atoms with van der Waals surface area (Å²) >= 11 is 0. The van der Waals surface area contributed by atoms with Crippen LogP contribution in [0.2, 0.25) is 0 Å². The van der Waals surface area contributed by atoms with Crippen LogP contribution in [0.4, 0.5) is 0 Å². The van der Waals surface area contributed by atoms with Crippen molar-refractivity contribution < 1.29 is 24.3 Å². The van der Waals surface area contributed by atoms with Crippen LogP contribution < -0.4 is 27.0 Å². The van der Waals surface area contributed by atoms with Gasteiger partial charge >= 0.3 is 0 Å². The highest BCUT2D eigenvalue weighted by molar-refractivity contribution is 5.94. The Morgan fingerprint density at radius 3 is 2.15 bits per heavy atom. The van der Waals surface area contributed by atoms with Crippen LogP contribution in [0.1, 0.15) is 90.9 Å². The zero-order valence-electron chi connectivity index (χ0n) is 20.9. The van der Waals surface area contributed by atoms with E-state index in [4.69, 9.17) is 5.73 Å². The first-order valence-corrected chi connectivity index (χ1v) is 12.8. The Morgan fingerprint density at radius 1 is 0.853 bits per heavy atom. The molecule has 10 heteroatoms. The van der Waals surface area contributed by atoms with E-state index >= 15 is 0 Å². The van der Waals surface area contributed by atoms with Crippen LogP contribution in [0, 0.1) is 0 Å². The Balaban J connectivity index is 2.86. The molecule has 0 saturated carbocycles. The summed E-state index contributed by atoms with van der Waals surface area (Å²) in [5.74, 6) is -1.94. The van der Waals surface area contributed by atoms with Crippen molar-refractivity contribution in [3.8, 4) is 0 Å². The normalized spacial score (nSPS) is 23.5. The van der Waals surface area contributed by atoms with E-state index in [1.54, 1.807) is 0 Å². The zero-order chi connectivity index (χ0) is 25.3.